The Hall–Kier alpha value is -2.96. The molecule has 1 heterocycles. The monoisotopic (exact) mass is 529 g/mol. The molecule has 0 fully saturated rings. The molecule has 1 N–H and O–H groups in total. The molecule has 190 valence electrons. The molecular weight excluding hydrogens is 501 g/mol. The number of ether oxygens (including phenoxy) is 3. The quantitative estimate of drug-likeness (QED) is 0.441. The standard InChI is InChI=1S/C28H29Cl2NO5/c1-14(2)36-28(33)24-15(3)31-20-11-17(16-9-10-22(34-4)23(13-16)35-5)12-21(32)26(20)25(24)18-7-6-8-19(29)27(18)30/h6-10,13-14,17,25,31H,11-12H2,1-5H3/t17-,25-/m0/s1. The molecule has 0 aromatic heterocycles. The van der Waals surface area contributed by atoms with Gasteiger partial charge in [-0.3, -0.25) is 4.79 Å². The molecule has 0 amide bonds. The van der Waals surface area contributed by atoms with Crippen molar-refractivity contribution in [2.75, 3.05) is 14.2 Å². The summed E-state index contributed by atoms with van der Waals surface area (Å²) < 4.78 is 16.4. The Morgan fingerprint density at radius 3 is 2.44 bits per heavy atom. The van der Waals surface area contributed by atoms with E-state index < -0.39 is 11.9 Å². The van der Waals surface area contributed by atoms with Crippen molar-refractivity contribution in [3.05, 3.63) is 80.1 Å². The number of esters is 1. The van der Waals surface area contributed by atoms with Crippen molar-refractivity contribution >= 4 is 35.0 Å². The lowest BCUT2D eigenvalue weighted by Crippen LogP contribution is -2.36. The van der Waals surface area contributed by atoms with Crippen LogP contribution < -0.4 is 14.8 Å². The maximum absolute atomic E-state index is 13.8. The molecule has 2 aromatic rings. The lowest BCUT2D eigenvalue weighted by molar-refractivity contribution is -0.143. The zero-order valence-electron chi connectivity index (χ0n) is 20.9. The Morgan fingerprint density at radius 2 is 1.78 bits per heavy atom. The maximum Gasteiger partial charge on any atom is 0.337 e. The van der Waals surface area contributed by atoms with E-state index in [0.29, 0.717) is 50.4 Å². The average Bonchev–Trinajstić information content (AvgIpc) is 2.83. The minimum atomic E-state index is -0.683. The lowest BCUT2D eigenvalue weighted by atomic mass is 9.71. The van der Waals surface area contributed by atoms with Crippen LogP contribution in [0, 0.1) is 0 Å². The predicted octanol–water partition coefficient (Wildman–Crippen LogP) is 6.32. The fraction of sp³-hybridized carbons (Fsp3) is 0.357. The van der Waals surface area contributed by atoms with Gasteiger partial charge in [0.2, 0.25) is 0 Å². The van der Waals surface area contributed by atoms with Gasteiger partial charge in [-0.2, -0.15) is 0 Å². The molecule has 2 aliphatic rings. The second-order valence-electron chi connectivity index (χ2n) is 9.23. The van der Waals surface area contributed by atoms with Gasteiger partial charge < -0.3 is 19.5 Å². The third-order valence-corrected chi connectivity index (χ3v) is 7.40. The highest BCUT2D eigenvalue weighted by atomic mass is 35.5. The van der Waals surface area contributed by atoms with Gasteiger partial charge >= 0.3 is 5.97 Å². The third-order valence-electron chi connectivity index (χ3n) is 6.56. The van der Waals surface area contributed by atoms with Crippen LogP contribution in [-0.4, -0.2) is 32.1 Å². The van der Waals surface area contributed by atoms with E-state index in [1.807, 2.05) is 25.1 Å². The molecule has 4 rings (SSSR count). The number of halogens is 2. The number of dihydropyridines is 1. The van der Waals surface area contributed by atoms with Gasteiger partial charge in [0.1, 0.15) is 0 Å². The van der Waals surface area contributed by atoms with Gasteiger partial charge in [0.15, 0.2) is 17.3 Å². The highest BCUT2D eigenvalue weighted by molar-refractivity contribution is 6.42. The summed E-state index contributed by atoms with van der Waals surface area (Å²) in [6.07, 6.45) is 0.533. The number of Topliss-reactive ketones (excluding diaryl/α,β-unsaturated/α-hetero) is 1. The summed E-state index contributed by atoms with van der Waals surface area (Å²) in [6.45, 7) is 5.39. The number of ketones is 1. The lowest BCUT2D eigenvalue weighted by Gasteiger charge is -2.37. The minimum absolute atomic E-state index is 0.0630. The van der Waals surface area contributed by atoms with E-state index >= 15 is 0 Å². The van der Waals surface area contributed by atoms with Crippen LogP contribution in [0.25, 0.3) is 0 Å². The Balaban J connectivity index is 1.81. The fourth-order valence-electron chi connectivity index (χ4n) is 4.98. The van der Waals surface area contributed by atoms with Gasteiger partial charge in [-0.25, -0.2) is 4.79 Å². The van der Waals surface area contributed by atoms with Crippen LogP contribution in [0.5, 0.6) is 11.5 Å². The van der Waals surface area contributed by atoms with E-state index in [9.17, 15) is 9.59 Å². The van der Waals surface area contributed by atoms with Gasteiger partial charge in [0.05, 0.1) is 35.9 Å². The molecule has 2 aromatic carbocycles. The first-order valence-corrected chi connectivity index (χ1v) is 12.5. The van der Waals surface area contributed by atoms with Crippen LogP contribution in [0.3, 0.4) is 0 Å². The summed E-state index contributed by atoms with van der Waals surface area (Å²) in [5, 5.41) is 4.02. The molecular formula is C28H29Cl2NO5. The summed E-state index contributed by atoms with van der Waals surface area (Å²) in [4.78, 5) is 27.0. The maximum atomic E-state index is 13.8. The van der Waals surface area contributed by atoms with E-state index in [-0.39, 0.29) is 24.2 Å². The van der Waals surface area contributed by atoms with Gasteiger partial charge in [-0.15, -0.1) is 0 Å². The van der Waals surface area contributed by atoms with Crippen molar-refractivity contribution in [3.63, 3.8) is 0 Å². The molecule has 0 saturated carbocycles. The first kappa shape index (κ1) is 26.1. The van der Waals surface area contributed by atoms with Gasteiger partial charge in [-0.1, -0.05) is 41.4 Å². The summed E-state index contributed by atoms with van der Waals surface area (Å²) in [5.41, 5.74) is 3.86. The summed E-state index contributed by atoms with van der Waals surface area (Å²) in [5.74, 6) is -0.0723. The molecule has 0 spiro atoms. The number of hydrogen-bond donors (Lipinski definition) is 1. The highest BCUT2D eigenvalue weighted by Crippen LogP contribution is 2.48. The van der Waals surface area contributed by atoms with Crippen LogP contribution in [0.1, 0.15) is 56.6 Å². The van der Waals surface area contributed by atoms with E-state index in [1.54, 1.807) is 46.3 Å². The zero-order chi connectivity index (χ0) is 26.1. The Kier molecular flexibility index (Phi) is 7.67. The number of methoxy groups -OCH3 is 2. The van der Waals surface area contributed by atoms with Crippen LogP contribution in [0.2, 0.25) is 10.0 Å². The normalized spacial score (nSPS) is 19.7. The Bertz CT molecular complexity index is 1280. The summed E-state index contributed by atoms with van der Waals surface area (Å²) in [6, 6.07) is 11.0. The number of hydrogen-bond acceptors (Lipinski definition) is 6. The molecule has 2 atom stereocenters. The van der Waals surface area contributed by atoms with Crippen LogP contribution in [0.15, 0.2) is 58.9 Å². The topological polar surface area (TPSA) is 73.9 Å². The smallest absolute Gasteiger partial charge is 0.337 e. The second-order valence-corrected chi connectivity index (χ2v) is 10.0. The number of carbonyl (C=O) groups is 2. The first-order chi connectivity index (χ1) is 17.2. The molecule has 36 heavy (non-hydrogen) atoms. The number of rotatable bonds is 6. The number of allylic oxidation sites excluding steroid dienone is 3. The van der Waals surface area contributed by atoms with Crippen molar-refractivity contribution < 1.29 is 23.8 Å². The van der Waals surface area contributed by atoms with Crippen molar-refractivity contribution in [2.24, 2.45) is 0 Å². The van der Waals surface area contributed by atoms with Crippen LogP contribution >= 0.6 is 23.2 Å². The summed E-state index contributed by atoms with van der Waals surface area (Å²) >= 11 is 13.0. The number of nitrogens with one attached hydrogen (secondary N) is 1. The van der Waals surface area contributed by atoms with Gasteiger partial charge in [-0.05, 0) is 62.4 Å². The molecule has 0 unspecified atom stereocenters. The Labute approximate surface area is 221 Å². The number of benzene rings is 2. The van der Waals surface area contributed by atoms with Crippen molar-refractivity contribution in [1.29, 1.82) is 0 Å². The molecule has 6 nitrogen and oxygen atoms in total. The minimum Gasteiger partial charge on any atom is -0.493 e. The fourth-order valence-corrected chi connectivity index (χ4v) is 5.40. The van der Waals surface area contributed by atoms with Crippen molar-refractivity contribution in [1.82, 2.24) is 5.32 Å². The first-order valence-electron chi connectivity index (χ1n) is 11.8. The molecule has 0 saturated heterocycles. The molecule has 1 aliphatic carbocycles. The second kappa shape index (κ2) is 10.6. The average molecular weight is 530 g/mol. The molecule has 8 heteroatoms. The van der Waals surface area contributed by atoms with Gasteiger partial charge in [0.25, 0.3) is 0 Å². The predicted molar refractivity (Wildman–Crippen MR) is 140 cm³/mol. The van der Waals surface area contributed by atoms with E-state index in [4.69, 9.17) is 37.4 Å². The number of carbonyl (C=O) groups excluding carboxylic acids is 2. The molecule has 1 aliphatic heterocycles. The third kappa shape index (κ3) is 4.84. The Morgan fingerprint density at radius 1 is 1.06 bits per heavy atom. The largest absolute Gasteiger partial charge is 0.493 e. The van der Waals surface area contributed by atoms with Crippen molar-refractivity contribution in [3.8, 4) is 11.5 Å². The van der Waals surface area contributed by atoms with Crippen LogP contribution in [-0.2, 0) is 14.3 Å². The van der Waals surface area contributed by atoms with Crippen LogP contribution in [0.4, 0.5) is 0 Å². The highest BCUT2D eigenvalue weighted by Gasteiger charge is 2.42. The SMILES string of the molecule is COc1ccc([C@@H]2CC(=O)C3=C(C2)NC(C)=C(C(=O)OC(C)C)[C@@H]3c2cccc(Cl)c2Cl)cc1OC. The van der Waals surface area contributed by atoms with Crippen molar-refractivity contribution in [2.45, 2.75) is 51.6 Å². The molecule has 0 radical (unpaired) electrons. The van der Waals surface area contributed by atoms with E-state index in [1.165, 1.54) is 0 Å². The zero-order valence-corrected chi connectivity index (χ0v) is 22.4. The van der Waals surface area contributed by atoms with E-state index in [0.717, 1.165) is 11.3 Å². The van der Waals surface area contributed by atoms with Gasteiger partial charge in [0, 0.05) is 29.3 Å². The molecule has 0 bridgehead atoms. The summed E-state index contributed by atoms with van der Waals surface area (Å²) in [7, 11) is 3.17. The van der Waals surface area contributed by atoms with E-state index in [2.05, 4.69) is 5.32 Å².